The number of piperazine rings is 1. The van der Waals surface area contributed by atoms with Gasteiger partial charge in [-0.15, -0.1) is 11.3 Å². The Labute approximate surface area is 223 Å². The van der Waals surface area contributed by atoms with E-state index < -0.39 is 0 Å². The number of likely N-dealkylation sites (N-methyl/N-ethyl adjacent to an activating group) is 1. The molecule has 0 atom stereocenters. The van der Waals surface area contributed by atoms with Gasteiger partial charge >= 0.3 is 6.03 Å². The highest BCUT2D eigenvalue weighted by Gasteiger charge is 2.19. The predicted octanol–water partition coefficient (Wildman–Crippen LogP) is 4.93. The van der Waals surface area contributed by atoms with Crippen LogP contribution in [0.25, 0.3) is 0 Å². The van der Waals surface area contributed by atoms with Crippen LogP contribution in [0, 0.1) is 6.92 Å². The Hall–Kier alpha value is -3.74. The van der Waals surface area contributed by atoms with Gasteiger partial charge in [-0.2, -0.15) is 15.0 Å². The maximum atomic E-state index is 12.4. The summed E-state index contributed by atoms with van der Waals surface area (Å²) in [4.78, 5) is 37.4. The van der Waals surface area contributed by atoms with Gasteiger partial charge in [-0.1, -0.05) is 24.3 Å². The first-order valence-corrected chi connectivity index (χ1v) is 13.4. The summed E-state index contributed by atoms with van der Waals surface area (Å²) in [5.74, 6) is 1.09. The first-order valence-electron chi connectivity index (χ1n) is 11.8. The summed E-state index contributed by atoms with van der Waals surface area (Å²) in [7, 11) is 2.12. The monoisotopic (exact) mass is 533 g/mol. The Morgan fingerprint density at radius 3 is 2.46 bits per heavy atom. The number of nitrogens with one attached hydrogen (secondary N) is 3. The van der Waals surface area contributed by atoms with Gasteiger partial charge in [-0.05, 0) is 56.1 Å². The van der Waals surface area contributed by atoms with Crippen LogP contribution < -0.4 is 20.9 Å². The molecule has 0 radical (unpaired) electrons. The molecule has 0 bridgehead atoms. The molecule has 2 amide bonds. The number of amides is 2. The number of rotatable bonds is 7. The van der Waals surface area contributed by atoms with Gasteiger partial charge in [0.2, 0.25) is 11.9 Å². The van der Waals surface area contributed by atoms with E-state index >= 15 is 0 Å². The second kappa shape index (κ2) is 11.5. The summed E-state index contributed by atoms with van der Waals surface area (Å²) in [6, 6.07) is 16.6. The molecule has 10 nitrogen and oxygen atoms in total. The Kier molecular flexibility index (Phi) is 7.78. The summed E-state index contributed by atoms with van der Waals surface area (Å²) in [6.45, 7) is 5.59. The molecule has 1 saturated heterocycles. The van der Waals surface area contributed by atoms with Crippen molar-refractivity contribution in [2.45, 2.75) is 17.0 Å². The molecule has 190 valence electrons. The van der Waals surface area contributed by atoms with Crippen LogP contribution in [0.2, 0.25) is 0 Å². The minimum atomic E-state index is -0.309. The smallest absolute Gasteiger partial charge is 0.323 e. The molecule has 1 aliphatic heterocycles. The normalized spacial score (nSPS) is 13.8. The van der Waals surface area contributed by atoms with Gasteiger partial charge in [-0.25, -0.2) is 9.78 Å². The number of hydrogen-bond acceptors (Lipinski definition) is 10. The van der Waals surface area contributed by atoms with E-state index in [1.165, 1.54) is 11.8 Å². The molecule has 2 aromatic heterocycles. The summed E-state index contributed by atoms with van der Waals surface area (Å²) in [6.07, 6.45) is 1.82. The van der Waals surface area contributed by atoms with Gasteiger partial charge in [0.05, 0.1) is 0 Å². The Bertz CT molecular complexity index is 1360. The fourth-order valence-electron chi connectivity index (χ4n) is 3.66. The topological polar surface area (TPSA) is 111 Å². The standard InChI is InChI=1S/C25H27N9OS2/c1-17-16-26-24(36-17)30-21-29-22(34-13-11-33(2)12-14-34)32-25(31-21)37-20-10-6-9-19(15-20)28-23(35)27-18-7-4-3-5-8-18/h3-10,15-16H,11-14H2,1-2H3,(H2,27,28,35)(H,26,29,30,31,32). The fraction of sp³-hybridized carbons (Fsp3) is 0.240. The van der Waals surface area contributed by atoms with E-state index in [4.69, 9.17) is 4.98 Å². The lowest BCUT2D eigenvalue weighted by molar-refractivity contribution is 0.262. The summed E-state index contributed by atoms with van der Waals surface area (Å²) >= 11 is 2.96. The molecule has 3 N–H and O–H groups in total. The van der Waals surface area contributed by atoms with Crippen molar-refractivity contribution in [3.63, 3.8) is 0 Å². The Balaban J connectivity index is 1.34. The van der Waals surface area contributed by atoms with E-state index in [0.29, 0.717) is 22.7 Å². The zero-order chi connectivity index (χ0) is 25.6. The molecule has 37 heavy (non-hydrogen) atoms. The Morgan fingerprint density at radius 1 is 0.946 bits per heavy atom. The number of aromatic nitrogens is 4. The lowest BCUT2D eigenvalue weighted by Crippen LogP contribution is -2.45. The van der Waals surface area contributed by atoms with Crippen LogP contribution in [0.5, 0.6) is 0 Å². The molecular formula is C25H27N9OS2. The van der Waals surface area contributed by atoms with Crippen LogP contribution in [0.3, 0.4) is 0 Å². The SMILES string of the molecule is Cc1cnc(Nc2nc(Sc3cccc(NC(=O)Nc4ccccc4)c3)nc(N3CCN(C)CC3)n2)s1. The van der Waals surface area contributed by atoms with Crippen molar-refractivity contribution >= 4 is 57.5 Å². The Morgan fingerprint density at radius 2 is 1.70 bits per heavy atom. The molecule has 0 unspecified atom stereocenters. The molecule has 0 aliphatic carbocycles. The molecular weight excluding hydrogens is 506 g/mol. The van der Waals surface area contributed by atoms with Crippen LogP contribution in [-0.2, 0) is 0 Å². The molecule has 5 rings (SSSR count). The highest BCUT2D eigenvalue weighted by atomic mass is 32.2. The average Bonchev–Trinajstić information content (AvgIpc) is 3.29. The van der Waals surface area contributed by atoms with Crippen LogP contribution in [0.4, 0.5) is 33.2 Å². The largest absolute Gasteiger partial charge is 0.338 e. The zero-order valence-corrected chi connectivity index (χ0v) is 22.1. The number of benzene rings is 2. The lowest BCUT2D eigenvalue weighted by atomic mass is 10.3. The highest BCUT2D eigenvalue weighted by molar-refractivity contribution is 7.99. The third-order valence-electron chi connectivity index (χ3n) is 5.56. The number of anilines is 5. The average molecular weight is 534 g/mol. The third kappa shape index (κ3) is 6.94. The zero-order valence-electron chi connectivity index (χ0n) is 20.5. The number of nitrogens with zero attached hydrogens (tertiary/aromatic N) is 6. The summed E-state index contributed by atoms with van der Waals surface area (Å²) < 4.78 is 0. The van der Waals surface area contributed by atoms with Crippen molar-refractivity contribution < 1.29 is 4.79 Å². The minimum absolute atomic E-state index is 0.309. The number of aryl methyl sites for hydroxylation is 1. The minimum Gasteiger partial charge on any atom is -0.338 e. The number of carbonyl (C=O) groups is 1. The predicted molar refractivity (Wildman–Crippen MR) is 149 cm³/mol. The molecule has 0 saturated carbocycles. The molecule has 1 fully saturated rings. The van der Waals surface area contributed by atoms with Crippen LogP contribution >= 0.6 is 23.1 Å². The molecule has 0 spiro atoms. The van der Waals surface area contributed by atoms with E-state index in [1.54, 1.807) is 11.3 Å². The fourth-order valence-corrected chi connectivity index (χ4v) is 5.12. The van der Waals surface area contributed by atoms with Gasteiger partial charge in [0.25, 0.3) is 0 Å². The van der Waals surface area contributed by atoms with Crippen molar-refractivity contribution in [3.8, 4) is 0 Å². The van der Waals surface area contributed by atoms with E-state index in [9.17, 15) is 4.79 Å². The first kappa shape index (κ1) is 24.9. The van der Waals surface area contributed by atoms with Gasteiger partial charge in [0.1, 0.15) is 0 Å². The van der Waals surface area contributed by atoms with E-state index in [-0.39, 0.29) is 6.03 Å². The number of carbonyl (C=O) groups excluding carboxylic acids is 1. The van der Waals surface area contributed by atoms with Crippen LogP contribution in [0.15, 0.2) is 70.8 Å². The van der Waals surface area contributed by atoms with Crippen molar-refractivity contribution in [1.82, 2.24) is 24.8 Å². The maximum Gasteiger partial charge on any atom is 0.323 e. The number of urea groups is 1. The van der Waals surface area contributed by atoms with E-state index in [1.807, 2.05) is 67.7 Å². The highest BCUT2D eigenvalue weighted by Crippen LogP contribution is 2.30. The van der Waals surface area contributed by atoms with Crippen LogP contribution in [0.1, 0.15) is 4.88 Å². The molecule has 12 heteroatoms. The van der Waals surface area contributed by atoms with E-state index in [0.717, 1.165) is 46.8 Å². The number of thiazole rings is 1. The third-order valence-corrected chi connectivity index (χ3v) is 7.24. The van der Waals surface area contributed by atoms with E-state index in [2.05, 4.69) is 47.7 Å². The quantitative estimate of drug-likeness (QED) is 0.305. The lowest BCUT2D eigenvalue weighted by Gasteiger charge is -2.32. The van der Waals surface area contributed by atoms with Gasteiger partial charge < -0.3 is 20.4 Å². The molecule has 1 aliphatic rings. The maximum absolute atomic E-state index is 12.4. The van der Waals surface area contributed by atoms with Crippen LogP contribution in [-0.4, -0.2) is 64.1 Å². The second-order valence-corrected chi connectivity index (χ2v) is 10.8. The molecule has 4 aromatic rings. The summed E-state index contributed by atoms with van der Waals surface area (Å²) in [5.41, 5.74) is 1.39. The summed E-state index contributed by atoms with van der Waals surface area (Å²) in [5, 5.41) is 10.2. The molecule has 3 heterocycles. The van der Waals surface area contributed by atoms with Crippen molar-refractivity contribution in [2.75, 3.05) is 54.1 Å². The van der Waals surface area contributed by atoms with Crippen molar-refractivity contribution in [3.05, 3.63) is 65.7 Å². The van der Waals surface area contributed by atoms with Gasteiger partial charge in [0.15, 0.2) is 10.3 Å². The second-order valence-electron chi connectivity index (χ2n) is 8.51. The number of para-hydroxylation sites is 1. The van der Waals surface area contributed by atoms with Gasteiger partial charge in [0, 0.05) is 53.5 Å². The molecule has 2 aromatic carbocycles. The van der Waals surface area contributed by atoms with Crippen molar-refractivity contribution in [1.29, 1.82) is 0 Å². The van der Waals surface area contributed by atoms with Crippen molar-refractivity contribution in [2.24, 2.45) is 0 Å². The number of hydrogen-bond donors (Lipinski definition) is 3. The first-order chi connectivity index (χ1) is 18.0. The van der Waals surface area contributed by atoms with Gasteiger partial charge in [-0.3, -0.25) is 5.32 Å².